The fourth-order valence-corrected chi connectivity index (χ4v) is 4.65. The maximum Gasteiger partial charge on any atom is -0.0102 e. The van der Waals surface area contributed by atoms with E-state index in [1.807, 2.05) is 0 Å². The van der Waals surface area contributed by atoms with Crippen molar-refractivity contribution in [3.05, 3.63) is 59.7 Å². The molecule has 0 N–H and O–H groups in total. The molecule has 0 saturated carbocycles. The lowest BCUT2D eigenvalue weighted by molar-refractivity contribution is 0.492. The number of hydrogen-bond donors (Lipinski definition) is 0. The standard InChI is InChI=1S/C24H28/c1-2-3-4-5-10-19-11-8-12-20-15-16-22-21-13-7-6-9-18(21)14-17-23(22)24(19)20/h6-7,9,13-17,19H,2-5,8,10-12H2,1H3. The Bertz CT molecular complexity index is 843. The second-order valence-corrected chi connectivity index (χ2v) is 7.46. The van der Waals surface area contributed by atoms with Gasteiger partial charge in [-0.15, -0.1) is 0 Å². The van der Waals surface area contributed by atoms with Gasteiger partial charge in [0.15, 0.2) is 0 Å². The van der Waals surface area contributed by atoms with E-state index in [0.717, 1.165) is 5.92 Å². The van der Waals surface area contributed by atoms with Crippen molar-refractivity contribution in [3.8, 4) is 0 Å². The van der Waals surface area contributed by atoms with Crippen LogP contribution < -0.4 is 0 Å². The van der Waals surface area contributed by atoms with Crippen molar-refractivity contribution in [2.45, 2.75) is 64.2 Å². The van der Waals surface area contributed by atoms with Gasteiger partial charge in [-0.25, -0.2) is 0 Å². The maximum absolute atomic E-state index is 2.42. The number of hydrogen-bond acceptors (Lipinski definition) is 0. The van der Waals surface area contributed by atoms with Crippen LogP contribution in [0.15, 0.2) is 48.5 Å². The molecule has 0 saturated heterocycles. The molecule has 4 rings (SSSR count). The predicted octanol–water partition coefficient (Wildman–Crippen LogP) is 7.38. The van der Waals surface area contributed by atoms with Gasteiger partial charge in [-0.05, 0) is 64.3 Å². The van der Waals surface area contributed by atoms with E-state index in [2.05, 4.69) is 55.5 Å². The third-order valence-electron chi connectivity index (χ3n) is 5.87. The topological polar surface area (TPSA) is 0 Å². The van der Waals surface area contributed by atoms with E-state index >= 15 is 0 Å². The molecule has 3 aromatic carbocycles. The van der Waals surface area contributed by atoms with E-state index < -0.39 is 0 Å². The first-order valence-electron chi connectivity index (χ1n) is 9.81. The second-order valence-electron chi connectivity index (χ2n) is 7.46. The largest absolute Gasteiger partial charge is 0.0654 e. The first-order valence-corrected chi connectivity index (χ1v) is 9.81. The zero-order valence-electron chi connectivity index (χ0n) is 14.9. The molecule has 0 fully saturated rings. The summed E-state index contributed by atoms with van der Waals surface area (Å²) in [6.45, 7) is 2.30. The second kappa shape index (κ2) is 6.97. The molecular weight excluding hydrogens is 288 g/mol. The van der Waals surface area contributed by atoms with Crippen LogP contribution in [0.5, 0.6) is 0 Å². The minimum absolute atomic E-state index is 0.774. The van der Waals surface area contributed by atoms with E-state index in [4.69, 9.17) is 0 Å². The van der Waals surface area contributed by atoms with E-state index in [0.29, 0.717) is 0 Å². The molecule has 1 atom stereocenters. The molecule has 0 bridgehead atoms. The predicted molar refractivity (Wildman–Crippen MR) is 106 cm³/mol. The Morgan fingerprint density at radius 3 is 2.62 bits per heavy atom. The molecule has 0 aliphatic heterocycles. The lowest BCUT2D eigenvalue weighted by Gasteiger charge is -2.27. The quantitative estimate of drug-likeness (QED) is 0.340. The summed E-state index contributed by atoms with van der Waals surface area (Å²) < 4.78 is 0. The Hall–Kier alpha value is -1.82. The van der Waals surface area contributed by atoms with Gasteiger partial charge in [0, 0.05) is 0 Å². The molecule has 0 aromatic heterocycles. The van der Waals surface area contributed by atoms with Crippen LogP contribution in [0, 0.1) is 0 Å². The Kier molecular flexibility index (Phi) is 4.56. The summed E-state index contributed by atoms with van der Waals surface area (Å²) in [7, 11) is 0. The van der Waals surface area contributed by atoms with Crippen molar-refractivity contribution >= 4 is 21.5 Å². The SMILES string of the molecule is CCCCCCC1CCCc2ccc3c(ccc4ccccc43)c21. The molecule has 1 aliphatic carbocycles. The third kappa shape index (κ3) is 2.83. The summed E-state index contributed by atoms with van der Waals surface area (Å²) in [5.41, 5.74) is 3.30. The number of unbranched alkanes of at least 4 members (excludes halogenated alkanes) is 3. The summed E-state index contributed by atoms with van der Waals surface area (Å²) in [4.78, 5) is 0. The molecule has 1 aliphatic rings. The molecule has 0 spiro atoms. The summed E-state index contributed by atoms with van der Waals surface area (Å²) >= 11 is 0. The fraction of sp³-hybridized carbons (Fsp3) is 0.417. The summed E-state index contributed by atoms with van der Waals surface area (Å²) in [5.74, 6) is 0.774. The van der Waals surface area contributed by atoms with Gasteiger partial charge in [-0.1, -0.05) is 81.1 Å². The molecule has 1 unspecified atom stereocenters. The van der Waals surface area contributed by atoms with E-state index in [1.165, 1.54) is 72.9 Å². The number of benzene rings is 3. The van der Waals surface area contributed by atoms with Crippen molar-refractivity contribution in [2.75, 3.05) is 0 Å². The Morgan fingerprint density at radius 1 is 0.833 bits per heavy atom. The highest BCUT2D eigenvalue weighted by Crippen LogP contribution is 2.41. The molecule has 0 radical (unpaired) electrons. The lowest BCUT2D eigenvalue weighted by Crippen LogP contribution is -2.10. The number of aryl methyl sites for hydroxylation is 1. The minimum Gasteiger partial charge on any atom is -0.0654 e. The van der Waals surface area contributed by atoms with Gasteiger partial charge >= 0.3 is 0 Å². The smallest absolute Gasteiger partial charge is 0.0102 e. The Balaban J connectivity index is 1.78. The van der Waals surface area contributed by atoms with Crippen molar-refractivity contribution in [1.29, 1.82) is 0 Å². The summed E-state index contributed by atoms with van der Waals surface area (Å²) in [6, 6.07) is 18.3. The van der Waals surface area contributed by atoms with Crippen LogP contribution in [0.25, 0.3) is 21.5 Å². The van der Waals surface area contributed by atoms with Gasteiger partial charge in [0.1, 0.15) is 0 Å². The first-order chi connectivity index (χ1) is 11.9. The normalized spacial score (nSPS) is 17.3. The van der Waals surface area contributed by atoms with Crippen LogP contribution in [0.4, 0.5) is 0 Å². The third-order valence-corrected chi connectivity index (χ3v) is 5.87. The minimum atomic E-state index is 0.774. The Labute approximate surface area is 145 Å². The first kappa shape index (κ1) is 15.7. The van der Waals surface area contributed by atoms with Crippen LogP contribution >= 0.6 is 0 Å². The number of fused-ring (bicyclic) bond motifs is 5. The van der Waals surface area contributed by atoms with Crippen molar-refractivity contribution in [1.82, 2.24) is 0 Å². The van der Waals surface area contributed by atoms with Crippen LogP contribution in [0.1, 0.15) is 68.9 Å². The van der Waals surface area contributed by atoms with Gasteiger partial charge in [-0.2, -0.15) is 0 Å². The molecule has 0 nitrogen and oxygen atoms in total. The summed E-state index contributed by atoms with van der Waals surface area (Å²) in [6.07, 6.45) is 10.9. The van der Waals surface area contributed by atoms with E-state index in [1.54, 1.807) is 11.1 Å². The lowest BCUT2D eigenvalue weighted by atomic mass is 9.77. The highest BCUT2D eigenvalue weighted by atomic mass is 14.3. The fourth-order valence-electron chi connectivity index (χ4n) is 4.65. The highest BCUT2D eigenvalue weighted by molar-refractivity contribution is 6.08. The van der Waals surface area contributed by atoms with Crippen LogP contribution in [0.2, 0.25) is 0 Å². The average molecular weight is 316 g/mol. The Morgan fingerprint density at radius 2 is 1.71 bits per heavy atom. The molecule has 0 amide bonds. The van der Waals surface area contributed by atoms with Crippen molar-refractivity contribution in [3.63, 3.8) is 0 Å². The van der Waals surface area contributed by atoms with Crippen molar-refractivity contribution < 1.29 is 0 Å². The highest BCUT2D eigenvalue weighted by Gasteiger charge is 2.22. The van der Waals surface area contributed by atoms with Gasteiger partial charge in [0.25, 0.3) is 0 Å². The molecule has 24 heavy (non-hydrogen) atoms. The van der Waals surface area contributed by atoms with E-state index in [9.17, 15) is 0 Å². The van der Waals surface area contributed by atoms with Gasteiger partial charge in [0.05, 0.1) is 0 Å². The molecular formula is C24H28. The zero-order chi connectivity index (χ0) is 16.4. The van der Waals surface area contributed by atoms with Gasteiger partial charge < -0.3 is 0 Å². The zero-order valence-corrected chi connectivity index (χ0v) is 14.9. The van der Waals surface area contributed by atoms with Crippen LogP contribution in [-0.2, 0) is 6.42 Å². The van der Waals surface area contributed by atoms with Crippen LogP contribution in [-0.4, -0.2) is 0 Å². The summed E-state index contributed by atoms with van der Waals surface area (Å²) in [5, 5.41) is 5.74. The van der Waals surface area contributed by atoms with Gasteiger partial charge in [-0.3, -0.25) is 0 Å². The molecule has 3 aromatic rings. The average Bonchev–Trinajstić information content (AvgIpc) is 2.64. The molecule has 0 heterocycles. The molecule has 124 valence electrons. The van der Waals surface area contributed by atoms with Crippen molar-refractivity contribution in [2.24, 2.45) is 0 Å². The monoisotopic (exact) mass is 316 g/mol. The number of rotatable bonds is 5. The van der Waals surface area contributed by atoms with Crippen LogP contribution in [0.3, 0.4) is 0 Å². The van der Waals surface area contributed by atoms with E-state index in [-0.39, 0.29) is 0 Å². The van der Waals surface area contributed by atoms with Gasteiger partial charge in [0.2, 0.25) is 0 Å². The molecule has 0 heteroatoms. The maximum atomic E-state index is 2.42.